The number of anilines is 1. The molecule has 3 rings (SSSR count). The number of carbonyl (C=O) groups excluding carboxylic acids is 2. The van der Waals surface area contributed by atoms with Crippen LogP contribution in [0, 0.1) is 0 Å². The monoisotopic (exact) mass is 442 g/mol. The van der Waals surface area contributed by atoms with Gasteiger partial charge >= 0.3 is 0 Å². The highest BCUT2D eigenvalue weighted by Crippen LogP contribution is 2.27. The Labute approximate surface area is 170 Å². The Hall–Kier alpha value is -3.13. The van der Waals surface area contributed by atoms with Crippen molar-refractivity contribution in [1.29, 1.82) is 0 Å². The molecule has 0 radical (unpaired) electrons. The first kappa shape index (κ1) is 19.6. The molecule has 144 valence electrons. The highest BCUT2D eigenvalue weighted by atomic mass is 79.9. The van der Waals surface area contributed by atoms with E-state index in [0.717, 1.165) is 10.0 Å². The lowest BCUT2D eigenvalue weighted by Crippen LogP contribution is -2.22. The maximum atomic E-state index is 12.7. The van der Waals surface area contributed by atoms with E-state index in [1.165, 1.54) is 12.0 Å². The summed E-state index contributed by atoms with van der Waals surface area (Å²) in [6.07, 6.45) is 0. The van der Waals surface area contributed by atoms with E-state index in [4.69, 9.17) is 4.74 Å². The van der Waals surface area contributed by atoms with Gasteiger partial charge in [-0.2, -0.15) is 5.10 Å². The third-order valence-electron chi connectivity index (χ3n) is 4.06. The predicted molar refractivity (Wildman–Crippen MR) is 111 cm³/mol. The SMILES string of the molecule is COc1ccc(C(=O)N(C)C)cc1NC(=O)c1cc(-c2ccc(Br)cc2)n[nH]1. The zero-order chi connectivity index (χ0) is 20.3. The molecule has 3 aromatic rings. The molecule has 0 saturated carbocycles. The number of carbonyl (C=O) groups is 2. The summed E-state index contributed by atoms with van der Waals surface area (Å²) < 4.78 is 6.26. The number of nitrogens with zero attached hydrogens (tertiary/aromatic N) is 2. The average Bonchev–Trinajstić information content (AvgIpc) is 3.18. The van der Waals surface area contributed by atoms with Gasteiger partial charge < -0.3 is 15.0 Å². The first-order valence-electron chi connectivity index (χ1n) is 8.41. The van der Waals surface area contributed by atoms with Gasteiger partial charge in [0.25, 0.3) is 11.8 Å². The first-order valence-corrected chi connectivity index (χ1v) is 9.20. The number of nitrogens with one attached hydrogen (secondary N) is 2. The van der Waals surface area contributed by atoms with E-state index in [-0.39, 0.29) is 11.8 Å². The van der Waals surface area contributed by atoms with Crippen molar-refractivity contribution in [3.8, 4) is 17.0 Å². The Bertz CT molecular complexity index is 1010. The number of amides is 2. The molecule has 1 aromatic heterocycles. The van der Waals surface area contributed by atoms with Gasteiger partial charge in [0.05, 0.1) is 18.5 Å². The molecule has 0 aliphatic rings. The molecule has 0 aliphatic heterocycles. The smallest absolute Gasteiger partial charge is 0.273 e. The van der Waals surface area contributed by atoms with Crippen molar-refractivity contribution < 1.29 is 14.3 Å². The average molecular weight is 443 g/mol. The zero-order valence-corrected chi connectivity index (χ0v) is 17.2. The molecule has 0 spiro atoms. The van der Waals surface area contributed by atoms with Crippen LogP contribution in [0.1, 0.15) is 20.8 Å². The predicted octanol–water partition coefficient (Wildman–Crippen LogP) is 3.80. The Kier molecular flexibility index (Phi) is 5.79. The largest absolute Gasteiger partial charge is 0.495 e. The summed E-state index contributed by atoms with van der Waals surface area (Å²) in [5, 5.41) is 9.71. The van der Waals surface area contributed by atoms with Crippen LogP contribution in [0.2, 0.25) is 0 Å². The van der Waals surface area contributed by atoms with E-state index in [9.17, 15) is 9.59 Å². The van der Waals surface area contributed by atoms with Crippen LogP contribution >= 0.6 is 15.9 Å². The minimum Gasteiger partial charge on any atom is -0.495 e. The molecule has 0 saturated heterocycles. The summed E-state index contributed by atoms with van der Waals surface area (Å²) in [4.78, 5) is 26.3. The zero-order valence-electron chi connectivity index (χ0n) is 15.6. The molecular weight excluding hydrogens is 424 g/mol. The summed E-state index contributed by atoms with van der Waals surface area (Å²) in [6, 6.07) is 14.2. The van der Waals surface area contributed by atoms with Gasteiger partial charge in [-0.1, -0.05) is 28.1 Å². The maximum Gasteiger partial charge on any atom is 0.273 e. The lowest BCUT2D eigenvalue weighted by Gasteiger charge is -2.14. The van der Waals surface area contributed by atoms with E-state index in [0.29, 0.717) is 28.4 Å². The Morgan fingerprint density at radius 3 is 2.46 bits per heavy atom. The molecule has 28 heavy (non-hydrogen) atoms. The van der Waals surface area contributed by atoms with Crippen LogP contribution in [-0.4, -0.2) is 48.1 Å². The number of aromatic nitrogens is 2. The number of hydrogen-bond donors (Lipinski definition) is 2. The van der Waals surface area contributed by atoms with Crippen molar-refractivity contribution in [2.24, 2.45) is 0 Å². The number of methoxy groups -OCH3 is 1. The van der Waals surface area contributed by atoms with Crippen LogP contribution in [0.4, 0.5) is 5.69 Å². The second kappa shape index (κ2) is 8.26. The summed E-state index contributed by atoms with van der Waals surface area (Å²) >= 11 is 3.39. The molecule has 8 heteroatoms. The van der Waals surface area contributed by atoms with Gasteiger partial charge in [0, 0.05) is 29.7 Å². The lowest BCUT2D eigenvalue weighted by molar-refractivity contribution is 0.0827. The molecular formula is C20H19BrN4O3. The van der Waals surface area contributed by atoms with Gasteiger partial charge in [-0.15, -0.1) is 0 Å². The van der Waals surface area contributed by atoms with Crippen molar-refractivity contribution in [2.45, 2.75) is 0 Å². The summed E-state index contributed by atoms with van der Waals surface area (Å²) in [5.74, 6) is -0.0999. The maximum absolute atomic E-state index is 12.7. The van der Waals surface area contributed by atoms with E-state index >= 15 is 0 Å². The van der Waals surface area contributed by atoms with Gasteiger partial charge in [-0.25, -0.2) is 0 Å². The van der Waals surface area contributed by atoms with Gasteiger partial charge in [0.1, 0.15) is 11.4 Å². The first-order chi connectivity index (χ1) is 13.4. The number of aromatic amines is 1. The summed E-state index contributed by atoms with van der Waals surface area (Å²) in [7, 11) is 4.83. The van der Waals surface area contributed by atoms with Crippen LogP contribution in [0.5, 0.6) is 5.75 Å². The van der Waals surface area contributed by atoms with Gasteiger partial charge in [0.15, 0.2) is 0 Å². The van der Waals surface area contributed by atoms with E-state index in [2.05, 4.69) is 31.4 Å². The standard InChI is InChI=1S/C20H19BrN4O3/c1-25(2)20(27)13-6-9-18(28-3)16(10-13)22-19(26)17-11-15(23-24-17)12-4-7-14(21)8-5-12/h4-11H,1-3H3,(H,22,26)(H,23,24). The minimum absolute atomic E-state index is 0.169. The van der Waals surface area contributed by atoms with E-state index in [1.54, 1.807) is 38.4 Å². The number of benzene rings is 2. The fraction of sp³-hybridized carbons (Fsp3) is 0.150. The van der Waals surface area contributed by atoms with Crippen LogP contribution < -0.4 is 10.1 Å². The van der Waals surface area contributed by atoms with E-state index < -0.39 is 0 Å². The fourth-order valence-electron chi connectivity index (χ4n) is 2.59. The molecule has 7 nitrogen and oxygen atoms in total. The van der Waals surface area contributed by atoms with Crippen LogP contribution in [-0.2, 0) is 0 Å². The summed E-state index contributed by atoms with van der Waals surface area (Å²) in [6.45, 7) is 0. The number of ether oxygens (including phenoxy) is 1. The third kappa shape index (κ3) is 4.23. The molecule has 0 fully saturated rings. The van der Waals surface area contributed by atoms with Crippen LogP contribution in [0.3, 0.4) is 0 Å². The van der Waals surface area contributed by atoms with Crippen molar-refractivity contribution in [2.75, 3.05) is 26.5 Å². The van der Waals surface area contributed by atoms with E-state index in [1.807, 2.05) is 24.3 Å². The fourth-order valence-corrected chi connectivity index (χ4v) is 2.86. The molecule has 2 aromatic carbocycles. The third-order valence-corrected chi connectivity index (χ3v) is 4.59. The molecule has 2 N–H and O–H groups in total. The molecule has 0 aliphatic carbocycles. The Balaban J connectivity index is 1.84. The Morgan fingerprint density at radius 1 is 1.11 bits per heavy atom. The number of H-pyrrole nitrogens is 1. The molecule has 0 unspecified atom stereocenters. The second-order valence-corrected chi connectivity index (χ2v) is 7.16. The van der Waals surface area contributed by atoms with Crippen molar-refractivity contribution in [3.63, 3.8) is 0 Å². The van der Waals surface area contributed by atoms with Crippen molar-refractivity contribution in [1.82, 2.24) is 15.1 Å². The van der Waals surface area contributed by atoms with Gasteiger partial charge in [-0.3, -0.25) is 14.7 Å². The molecule has 0 bridgehead atoms. The van der Waals surface area contributed by atoms with Gasteiger partial charge in [-0.05, 0) is 36.4 Å². The number of rotatable bonds is 5. The number of hydrogen-bond acceptors (Lipinski definition) is 4. The highest BCUT2D eigenvalue weighted by molar-refractivity contribution is 9.10. The highest BCUT2D eigenvalue weighted by Gasteiger charge is 2.16. The molecule has 0 atom stereocenters. The van der Waals surface area contributed by atoms with Crippen molar-refractivity contribution in [3.05, 3.63) is 64.3 Å². The van der Waals surface area contributed by atoms with Gasteiger partial charge in [0.2, 0.25) is 0 Å². The van der Waals surface area contributed by atoms with Crippen LogP contribution in [0.15, 0.2) is 53.0 Å². The van der Waals surface area contributed by atoms with Crippen LogP contribution in [0.25, 0.3) is 11.3 Å². The van der Waals surface area contributed by atoms with Crippen molar-refractivity contribution >= 4 is 33.4 Å². The quantitative estimate of drug-likeness (QED) is 0.628. The second-order valence-electron chi connectivity index (χ2n) is 6.24. The Morgan fingerprint density at radius 2 is 1.82 bits per heavy atom. The normalized spacial score (nSPS) is 10.4. The summed E-state index contributed by atoms with van der Waals surface area (Å²) in [5.41, 5.74) is 2.68. The number of halogens is 1. The molecule has 2 amide bonds. The molecule has 1 heterocycles. The minimum atomic E-state index is -0.386. The topological polar surface area (TPSA) is 87.3 Å². The lowest BCUT2D eigenvalue weighted by atomic mass is 10.1.